The fourth-order valence-corrected chi connectivity index (χ4v) is 4.22. The number of para-hydroxylation sites is 1. The first-order valence-electron chi connectivity index (χ1n) is 8.13. The largest absolute Gasteiger partial charge is 0.478 e. The van der Waals surface area contributed by atoms with E-state index in [1.54, 1.807) is 23.9 Å². The molecule has 0 spiro atoms. The lowest BCUT2D eigenvalue weighted by atomic mass is 10.1. The van der Waals surface area contributed by atoms with E-state index in [1.165, 1.54) is 0 Å². The molecular formula is C18H19N3O2S. The summed E-state index contributed by atoms with van der Waals surface area (Å²) in [6.45, 7) is 1.98. The van der Waals surface area contributed by atoms with Crippen LogP contribution >= 0.6 is 11.8 Å². The van der Waals surface area contributed by atoms with Crippen molar-refractivity contribution in [2.45, 2.75) is 28.7 Å². The van der Waals surface area contributed by atoms with Gasteiger partial charge in [0.25, 0.3) is 0 Å². The third-order valence-corrected chi connectivity index (χ3v) is 5.53. The third-order valence-electron chi connectivity index (χ3n) is 4.41. The van der Waals surface area contributed by atoms with Gasteiger partial charge in [0.2, 0.25) is 0 Å². The number of hydrogen-bond acceptors (Lipinski definition) is 5. The van der Waals surface area contributed by atoms with Crippen LogP contribution in [0.3, 0.4) is 0 Å². The van der Waals surface area contributed by atoms with E-state index < -0.39 is 5.97 Å². The number of benzene rings is 2. The standard InChI is InChI=1S/C18H19N3O2S/c22-18(23)11-9-14(20-12-5-7-19-8-6-12)17-16(10-11)24-15-4-2-1-3-13(15)21-17/h1-4,9-10,12,19-21H,5-8H2,(H,22,23). The molecule has 6 heteroatoms. The van der Waals surface area contributed by atoms with Crippen LogP contribution in [0, 0.1) is 0 Å². The first-order valence-corrected chi connectivity index (χ1v) is 8.95. The topological polar surface area (TPSA) is 73.4 Å². The highest BCUT2D eigenvalue weighted by Gasteiger charge is 2.23. The van der Waals surface area contributed by atoms with E-state index in [9.17, 15) is 9.90 Å². The van der Waals surface area contributed by atoms with Gasteiger partial charge >= 0.3 is 5.97 Å². The highest BCUT2D eigenvalue weighted by molar-refractivity contribution is 7.99. The molecule has 0 bridgehead atoms. The molecule has 124 valence electrons. The predicted octanol–water partition coefficient (Wildman–Crippen LogP) is 3.76. The van der Waals surface area contributed by atoms with Gasteiger partial charge < -0.3 is 21.1 Å². The van der Waals surface area contributed by atoms with E-state index in [4.69, 9.17) is 0 Å². The molecule has 2 heterocycles. The predicted molar refractivity (Wildman–Crippen MR) is 96.8 cm³/mol. The Morgan fingerprint density at radius 3 is 2.75 bits per heavy atom. The fourth-order valence-electron chi connectivity index (χ4n) is 3.16. The van der Waals surface area contributed by atoms with Crippen molar-refractivity contribution < 1.29 is 9.90 Å². The molecule has 0 saturated carbocycles. The molecule has 0 aliphatic carbocycles. The van der Waals surface area contributed by atoms with Crippen molar-refractivity contribution in [1.82, 2.24) is 5.32 Å². The van der Waals surface area contributed by atoms with Crippen LogP contribution in [0.1, 0.15) is 23.2 Å². The Morgan fingerprint density at radius 1 is 1.17 bits per heavy atom. The molecule has 0 radical (unpaired) electrons. The zero-order chi connectivity index (χ0) is 16.5. The highest BCUT2D eigenvalue weighted by Crippen LogP contribution is 2.47. The number of carbonyl (C=O) groups is 1. The van der Waals surface area contributed by atoms with Crippen molar-refractivity contribution >= 4 is 34.8 Å². The molecule has 24 heavy (non-hydrogen) atoms. The summed E-state index contributed by atoms with van der Waals surface area (Å²) >= 11 is 1.61. The smallest absolute Gasteiger partial charge is 0.335 e. The van der Waals surface area contributed by atoms with Gasteiger partial charge in [0.1, 0.15) is 0 Å². The van der Waals surface area contributed by atoms with E-state index in [0.29, 0.717) is 11.6 Å². The lowest BCUT2D eigenvalue weighted by molar-refractivity contribution is 0.0696. The Balaban J connectivity index is 1.72. The number of fused-ring (bicyclic) bond motifs is 2. The Hall–Kier alpha value is -2.18. The molecule has 0 aromatic heterocycles. The minimum absolute atomic E-state index is 0.318. The molecule has 1 fully saturated rings. The van der Waals surface area contributed by atoms with Crippen LogP contribution in [0.4, 0.5) is 17.1 Å². The summed E-state index contributed by atoms with van der Waals surface area (Å²) in [5.41, 5.74) is 3.23. The summed E-state index contributed by atoms with van der Waals surface area (Å²) < 4.78 is 0. The highest BCUT2D eigenvalue weighted by atomic mass is 32.2. The Bertz CT molecular complexity index is 788. The maximum Gasteiger partial charge on any atom is 0.335 e. The number of carboxylic acids is 1. The summed E-state index contributed by atoms with van der Waals surface area (Å²) in [5.74, 6) is -0.898. The summed E-state index contributed by atoms with van der Waals surface area (Å²) in [7, 11) is 0. The van der Waals surface area contributed by atoms with Crippen molar-refractivity contribution in [2.75, 3.05) is 23.7 Å². The average molecular weight is 341 g/mol. The van der Waals surface area contributed by atoms with Crippen molar-refractivity contribution in [1.29, 1.82) is 0 Å². The van der Waals surface area contributed by atoms with Crippen LogP contribution in [0.5, 0.6) is 0 Å². The van der Waals surface area contributed by atoms with E-state index in [0.717, 1.165) is 52.8 Å². The van der Waals surface area contributed by atoms with Crippen LogP contribution in [0.25, 0.3) is 0 Å². The van der Waals surface area contributed by atoms with Crippen LogP contribution in [-0.4, -0.2) is 30.2 Å². The van der Waals surface area contributed by atoms with Crippen LogP contribution < -0.4 is 16.0 Å². The lowest BCUT2D eigenvalue weighted by Crippen LogP contribution is -2.35. The number of carboxylic acid groups (broad SMARTS) is 1. The molecule has 0 amide bonds. The van der Waals surface area contributed by atoms with Crippen molar-refractivity contribution in [3.05, 3.63) is 42.0 Å². The fraction of sp³-hybridized carbons (Fsp3) is 0.278. The number of anilines is 3. The molecule has 2 aromatic rings. The van der Waals surface area contributed by atoms with Gasteiger partial charge in [0, 0.05) is 15.8 Å². The molecule has 5 nitrogen and oxygen atoms in total. The van der Waals surface area contributed by atoms with Crippen molar-refractivity contribution in [2.24, 2.45) is 0 Å². The second-order valence-corrected chi connectivity index (χ2v) is 7.18. The lowest BCUT2D eigenvalue weighted by Gasteiger charge is -2.29. The molecule has 0 unspecified atom stereocenters. The number of nitrogens with one attached hydrogen (secondary N) is 3. The van der Waals surface area contributed by atoms with Crippen LogP contribution in [0.2, 0.25) is 0 Å². The summed E-state index contributed by atoms with van der Waals surface area (Å²) in [5, 5.41) is 19.8. The number of rotatable bonds is 3. The minimum atomic E-state index is -0.898. The summed E-state index contributed by atoms with van der Waals surface area (Å²) in [6, 6.07) is 11.9. The van der Waals surface area contributed by atoms with Crippen LogP contribution in [0.15, 0.2) is 46.2 Å². The maximum absolute atomic E-state index is 11.5. The SMILES string of the molecule is O=C(O)c1cc(NC2CCNCC2)c2c(c1)Sc1ccccc1N2. The molecular weight excluding hydrogens is 322 g/mol. The van der Waals surface area contributed by atoms with Gasteiger partial charge in [-0.25, -0.2) is 4.79 Å². The number of hydrogen-bond donors (Lipinski definition) is 4. The van der Waals surface area contributed by atoms with Gasteiger partial charge in [-0.1, -0.05) is 23.9 Å². The second-order valence-electron chi connectivity index (χ2n) is 6.09. The first-order chi connectivity index (χ1) is 11.7. The molecule has 4 rings (SSSR count). The molecule has 2 aliphatic rings. The van der Waals surface area contributed by atoms with E-state index >= 15 is 0 Å². The first kappa shape index (κ1) is 15.4. The maximum atomic E-state index is 11.5. The summed E-state index contributed by atoms with van der Waals surface area (Å²) in [4.78, 5) is 13.6. The quantitative estimate of drug-likeness (QED) is 0.581. The van der Waals surface area contributed by atoms with Crippen LogP contribution in [-0.2, 0) is 0 Å². The number of piperidine rings is 1. The average Bonchev–Trinajstić information content (AvgIpc) is 2.61. The zero-order valence-electron chi connectivity index (χ0n) is 13.1. The molecule has 2 aliphatic heterocycles. The van der Waals surface area contributed by atoms with E-state index in [-0.39, 0.29) is 0 Å². The number of aromatic carboxylic acids is 1. The Kier molecular flexibility index (Phi) is 4.08. The van der Waals surface area contributed by atoms with Gasteiger partial charge in [-0.2, -0.15) is 0 Å². The van der Waals surface area contributed by atoms with Gasteiger partial charge in [-0.15, -0.1) is 0 Å². The monoisotopic (exact) mass is 341 g/mol. The second kappa shape index (κ2) is 6.37. The molecule has 2 aromatic carbocycles. The molecule has 4 N–H and O–H groups in total. The van der Waals surface area contributed by atoms with E-state index in [1.807, 2.05) is 24.3 Å². The van der Waals surface area contributed by atoms with Gasteiger partial charge in [-0.05, 0) is 50.2 Å². The van der Waals surface area contributed by atoms with Gasteiger partial charge in [-0.3, -0.25) is 0 Å². The molecule has 1 saturated heterocycles. The zero-order valence-corrected chi connectivity index (χ0v) is 14.0. The van der Waals surface area contributed by atoms with Crippen molar-refractivity contribution in [3.8, 4) is 0 Å². The Morgan fingerprint density at radius 2 is 1.96 bits per heavy atom. The van der Waals surface area contributed by atoms with E-state index in [2.05, 4.69) is 16.0 Å². The molecule has 0 atom stereocenters. The van der Waals surface area contributed by atoms with Gasteiger partial charge in [0.15, 0.2) is 0 Å². The Labute approximate surface area is 144 Å². The third kappa shape index (κ3) is 2.95. The van der Waals surface area contributed by atoms with Gasteiger partial charge in [0.05, 0.1) is 22.6 Å². The van der Waals surface area contributed by atoms with Crippen molar-refractivity contribution in [3.63, 3.8) is 0 Å². The summed E-state index contributed by atoms with van der Waals surface area (Å²) in [6.07, 6.45) is 2.08. The normalized spacial score (nSPS) is 16.7. The minimum Gasteiger partial charge on any atom is -0.478 e.